The van der Waals surface area contributed by atoms with E-state index in [1.54, 1.807) is 18.2 Å². The monoisotopic (exact) mass is 259 g/mol. The van der Waals surface area contributed by atoms with Crippen LogP contribution in [0.3, 0.4) is 0 Å². The molecule has 1 aromatic heterocycles. The fourth-order valence-corrected chi connectivity index (χ4v) is 1.76. The van der Waals surface area contributed by atoms with Gasteiger partial charge in [-0.3, -0.25) is 0 Å². The van der Waals surface area contributed by atoms with E-state index in [0.29, 0.717) is 35.7 Å². The Balaban J connectivity index is 2.72. The second kappa shape index (κ2) is 5.44. The average Bonchev–Trinajstić information content (AvgIpc) is 2.38. The molecule has 1 heterocycles. The van der Waals surface area contributed by atoms with Crippen molar-refractivity contribution < 1.29 is 13.9 Å². The van der Waals surface area contributed by atoms with Crippen LogP contribution in [0.2, 0.25) is 0 Å². The van der Waals surface area contributed by atoms with Crippen LogP contribution in [0.4, 0.5) is 0 Å². The van der Waals surface area contributed by atoms with E-state index >= 15 is 0 Å². The van der Waals surface area contributed by atoms with E-state index in [-0.39, 0.29) is 5.56 Å². The highest BCUT2D eigenvalue weighted by atomic mass is 16.5. The molecule has 0 aliphatic heterocycles. The molecule has 2 aromatic rings. The summed E-state index contributed by atoms with van der Waals surface area (Å²) in [6, 6.07) is 6.61. The first kappa shape index (κ1) is 13.0. The Morgan fingerprint density at radius 1 is 1.21 bits per heavy atom. The van der Waals surface area contributed by atoms with Gasteiger partial charge in [0.25, 0.3) is 0 Å². The molecule has 0 aliphatic carbocycles. The molecule has 0 amide bonds. The summed E-state index contributed by atoms with van der Waals surface area (Å²) in [4.78, 5) is 11.5. The minimum atomic E-state index is -0.661. The van der Waals surface area contributed by atoms with Crippen molar-refractivity contribution >= 4 is 11.0 Å². The third-order valence-corrected chi connectivity index (χ3v) is 2.52. The van der Waals surface area contributed by atoms with Crippen molar-refractivity contribution in [1.29, 1.82) is 5.26 Å². The van der Waals surface area contributed by atoms with Gasteiger partial charge in [0.2, 0.25) is 0 Å². The molecule has 0 fully saturated rings. The Morgan fingerprint density at radius 3 is 2.58 bits per heavy atom. The molecule has 5 nitrogen and oxygen atoms in total. The van der Waals surface area contributed by atoms with E-state index in [4.69, 9.17) is 19.2 Å². The lowest BCUT2D eigenvalue weighted by atomic mass is 10.1. The van der Waals surface area contributed by atoms with Gasteiger partial charge in [-0.05, 0) is 19.9 Å². The molecule has 0 unspecified atom stereocenters. The molecule has 0 aliphatic rings. The highest BCUT2D eigenvalue weighted by Crippen LogP contribution is 2.31. The number of rotatable bonds is 4. The van der Waals surface area contributed by atoms with Crippen LogP contribution in [-0.4, -0.2) is 13.2 Å². The summed E-state index contributed by atoms with van der Waals surface area (Å²) >= 11 is 0. The molecule has 1 aromatic carbocycles. The van der Waals surface area contributed by atoms with Gasteiger partial charge in [0.05, 0.1) is 18.6 Å². The molecule has 0 bridgehead atoms. The standard InChI is InChI=1S/C14H13NO4/c1-3-17-10-6-12(18-4-2)11-5-9(8-15)14(16)19-13(11)7-10/h5-7H,3-4H2,1-2H3. The number of benzene rings is 1. The highest BCUT2D eigenvalue weighted by molar-refractivity contribution is 5.86. The van der Waals surface area contributed by atoms with Crippen LogP contribution in [0.25, 0.3) is 11.0 Å². The summed E-state index contributed by atoms with van der Waals surface area (Å²) < 4.78 is 16.0. The first-order valence-corrected chi connectivity index (χ1v) is 5.97. The highest BCUT2D eigenvalue weighted by Gasteiger charge is 2.11. The maximum atomic E-state index is 11.5. The molecule has 19 heavy (non-hydrogen) atoms. The lowest BCUT2D eigenvalue weighted by Gasteiger charge is -2.10. The van der Waals surface area contributed by atoms with E-state index in [0.717, 1.165) is 0 Å². The van der Waals surface area contributed by atoms with Crippen molar-refractivity contribution in [2.24, 2.45) is 0 Å². The zero-order valence-corrected chi connectivity index (χ0v) is 10.7. The number of fused-ring (bicyclic) bond motifs is 1. The Morgan fingerprint density at radius 2 is 1.95 bits per heavy atom. The Labute approximate surface area is 110 Å². The predicted octanol–water partition coefficient (Wildman–Crippen LogP) is 2.46. The number of ether oxygens (including phenoxy) is 2. The Kier molecular flexibility index (Phi) is 3.71. The number of hydrogen-bond donors (Lipinski definition) is 0. The summed E-state index contributed by atoms with van der Waals surface area (Å²) in [5.41, 5.74) is -0.359. The van der Waals surface area contributed by atoms with Gasteiger partial charge >= 0.3 is 5.63 Å². The van der Waals surface area contributed by atoms with Crippen LogP contribution >= 0.6 is 0 Å². The number of nitriles is 1. The van der Waals surface area contributed by atoms with Crippen LogP contribution < -0.4 is 15.1 Å². The molecule has 0 saturated carbocycles. The quantitative estimate of drug-likeness (QED) is 0.788. The van der Waals surface area contributed by atoms with Gasteiger partial charge in [-0.1, -0.05) is 0 Å². The second-order valence-corrected chi connectivity index (χ2v) is 3.76. The van der Waals surface area contributed by atoms with Crippen molar-refractivity contribution in [2.45, 2.75) is 13.8 Å². The molecule has 0 atom stereocenters. The average molecular weight is 259 g/mol. The molecule has 0 N–H and O–H groups in total. The topological polar surface area (TPSA) is 72.5 Å². The SMILES string of the molecule is CCOc1cc(OCC)c2cc(C#N)c(=O)oc2c1. The fourth-order valence-electron chi connectivity index (χ4n) is 1.76. The third kappa shape index (κ3) is 2.52. The summed E-state index contributed by atoms with van der Waals surface area (Å²) in [7, 11) is 0. The smallest absolute Gasteiger partial charge is 0.354 e. The molecule has 98 valence electrons. The molecule has 2 rings (SSSR count). The Bertz CT molecular complexity index is 697. The van der Waals surface area contributed by atoms with E-state index < -0.39 is 5.63 Å². The molecule has 0 saturated heterocycles. The summed E-state index contributed by atoms with van der Waals surface area (Å²) in [5.74, 6) is 1.09. The van der Waals surface area contributed by atoms with Crippen LogP contribution in [0.1, 0.15) is 19.4 Å². The molecule has 5 heteroatoms. The first-order valence-electron chi connectivity index (χ1n) is 5.97. The van der Waals surface area contributed by atoms with E-state index in [2.05, 4.69) is 0 Å². The van der Waals surface area contributed by atoms with Gasteiger partial charge in [0.15, 0.2) is 0 Å². The fraction of sp³-hybridized carbons (Fsp3) is 0.286. The largest absolute Gasteiger partial charge is 0.494 e. The van der Waals surface area contributed by atoms with Crippen molar-refractivity contribution in [1.82, 2.24) is 0 Å². The maximum Gasteiger partial charge on any atom is 0.354 e. The summed E-state index contributed by atoms with van der Waals surface area (Å²) in [5, 5.41) is 9.45. The maximum absolute atomic E-state index is 11.5. The number of nitrogens with zero attached hydrogens (tertiary/aromatic N) is 1. The van der Waals surface area contributed by atoms with E-state index in [1.807, 2.05) is 13.8 Å². The molecule has 0 radical (unpaired) electrons. The zero-order chi connectivity index (χ0) is 13.8. The van der Waals surface area contributed by atoms with Crippen LogP contribution in [-0.2, 0) is 0 Å². The Hall–Kier alpha value is -2.48. The minimum absolute atomic E-state index is 0.0439. The van der Waals surface area contributed by atoms with Gasteiger partial charge in [-0.25, -0.2) is 4.79 Å². The lowest BCUT2D eigenvalue weighted by molar-refractivity contribution is 0.325. The van der Waals surface area contributed by atoms with E-state index in [9.17, 15) is 4.79 Å². The van der Waals surface area contributed by atoms with Crippen LogP contribution in [0.15, 0.2) is 27.4 Å². The normalized spacial score (nSPS) is 10.2. The van der Waals surface area contributed by atoms with Gasteiger partial charge in [-0.15, -0.1) is 0 Å². The van der Waals surface area contributed by atoms with Crippen molar-refractivity contribution in [3.63, 3.8) is 0 Å². The predicted molar refractivity (Wildman–Crippen MR) is 69.5 cm³/mol. The minimum Gasteiger partial charge on any atom is -0.494 e. The second-order valence-electron chi connectivity index (χ2n) is 3.76. The van der Waals surface area contributed by atoms with E-state index in [1.165, 1.54) is 6.07 Å². The van der Waals surface area contributed by atoms with Crippen LogP contribution in [0, 0.1) is 11.3 Å². The summed E-state index contributed by atoms with van der Waals surface area (Å²) in [6.07, 6.45) is 0. The molecular formula is C14H13NO4. The number of hydrogen-bond acceptors (Lipinski definition) is 5. The van der Waals surface area contributed by atoms with Gasteiger partial charge < -0.3 is 13.9 Å². The molecule has 0 spiro atoms. The van der Waals surface area contributed by atoms with Crippen molar-refractivity contribution in [3.05, 3.63) is 34.2 Å². The van der Waals surface area contributed by atoms with Gasteiger partial charge in [0, 0.05) is 12.1 Å². The summed E-state index contributed by atoms with van der Waals surface area (Å²) in [6.45, 7) is 4.67. The first-order chi connectivity index (χ1) is 9.19. The lowest BCUT2D eigenvalue weighted by Crippen LogP contribution is -2.04. The zero-order valence-electron chi connectivity index (χ0n) is 10.7. The van der Waals surface area contributed by atoms with Gasteiger partial charge in [0.1, 0.15) is 28.7 Å². The third-order valence-electron chi connectivity index (χ3n) is 2.52. The van der Waals surface area contributed by atoms with Gasteiger partial charge in [-0.2, -0.15) is 5.26 Å². The van der Waals surface area contributed by atoms with Crippen molar-refractivity contribution in [3.8, 4) is 17.6 Å². The van der Waals surface area contributed by atoms with Crippen molar-refractivity contribution in [2.75, 3.05) is 13.2 Å². The van der Waals surface area contributed by atoms with Crippen LogP contribution in [0.5, 0.6) is 11.5 Å². The molecular weight excluding hydrogens is 246 g/mol.